The average Bonchev–Trinajstić information content (AvgIpc) is 2.78. The predicted molar refractivity (Wildman–Crippen MR) is 120 cm³/mol. The lowest BCUT2D eigenvalue weighted by atomic mass is 10.1. The number of nitrogens with two attached hydrogens (primary N) is 1. The molecule has 0 unspecified atom stereocenters. The Morgan fingerprint density at radius 3 is 2.41 bits per heavy atom. The number of aliphatic carboxylic acids is 2. The molecule has 0 saturated carbocycles. The molecule has 1 aliphatic heterocycles. The third-order valence-corrected chi connectivity index (χ3v) is 5.23. The van der Waals surface area contributed by atoms with Crippen LogP contribution in [0.3, 0.4) is 0 Å². The molecule has 1 aliphatic rings. The Morgan fingerprint density at radius 2 is 1.85 bits per heavy atom. The SMILES string of the molecule is Cn1c(=O)cc(N2CCC[C@H](N)C2)n(Cc2cc(F)ccc2C#N)c1=O.O=C(O)CCC(=O)O. The topological polar surface area (TPSA) is 172 Å². The summed E-state index contributed by atoms with van der Waals surface area (Å²) in [4.78, 5) is 46.0. The molecule has 0 bridgehead atoms. The molecule has 1 aromatic carbocycles. The molecule has 0 radical (unpaired) electrons. The number of rotatable bonds is 6. The van der Waals surface area contributed by atoms with Crippen LogP contribution in [0.25, 0.3) is 0 Å². The van der Waals surface area contributed by atoms with Gasteiger partial charge in [0.1, 0.15) is 11.6 Å². The normalized spacial score (nSPS) is 15.1. The molecule has 1 saturated heterocycles. The number of halogens is 1. The van der Waals surface area contributed by atoms with Crippen molar-refractivity contribution in [3.05, 3.63) is 62.0 Å². The molecule has 182 valence electrons. The van der Waals surface area contributed by atoms with E-state index < -0.39 is 29.0 Å². The van der Waals surface area contributed by atoms with E-state index in [9.17, 15) is 28.8 Å². The molecule has 1 aromatic heterocycles. The van der Waals surface area contributed by atoms with Crippen LogP contribution in [0.1, 0.15) is 36.8 Å². The molecule has 11 nitrogen and oxygen atoms in total. The lowest BCUT2D eigenvalue weighted by Crippen LogP contribution is -2.47. The van der Waals surface area contributed by atoms with Crippen LogP contribution in [-0.2, 0) is 23.2 Å². The number of carboxylic acid groups (broad SMARTS) is 2. The summed E-state index contributed by atoms with van der Waals surface area (Å²) in [6.07, 6.45) is 1.15. The fraction of sp³-hybridized carbons (Fsp3) is 0.409. The van der Waals surface area contributed by atoms with E-state index in [0.717, 1.165) is 17.4 Å². The number of carboxylic acids is 2. The molecule has 1 fully saturated rings. The summed E-state index contributed by atoms with van der Waals surface area (Å²) in [6, 6.07) is 7.19. The van der Waals surface area contributed by atoms with Gasteiger partial charge in [-0.05, 0) is 36.6 Å². The van der Waals surface area contributed by atoms with Gasteiger partial charge in [0.05, 0.1) is 31.0 Å². The number of benzene rings is 1. The van der Waals surface area contributed by atoms with Gasteiger partial charge in [-0.3, -0.25) is 23.5 Å². The second-order valence-electron chi connectivity index (χ2n) is 7.82. The van der Waals surface area contributed by atoms with Crippen LogP contribution in [0.5, 0.6) is 0 Å². The highest BCUT2D eigenvalue weighted by atomic mass is 19.1. The minimum atomic E-state index is -1.08. The van der Waals surface area contributed by atoms with E-state index in [0.29, 0.717) is 24.5 Å². The Kier molecular flexibility index (Phi) is 9.09. The highest BCUT2D eigenvalue weighted by Crippen LogP contribution is 2.19. The zero-order chi connectivity index (χ0) is 25.4. The fourth-order valence-corrected chi connectivity index (χ4v) is 3.47. The van der Waals surface area contributed by atoms with Gasteiger partial charge in [0.15, 0.2) is 0 Å². The maximum atomic E-state index is 13.7. The summed E-state index contributed by atoms with van der Waals surface area (Å²) in [5.41, 5.74) is 5.77. The van der Waals surface area contributed by atoms with Gasteiger partial charge in [0.25, 0.3) is 5.56 Å². The van der Waals surface area contributed by atoms with E-state index in [2.05, 4.69) is 0 Å². The van der Waals surface area contributed by atoms with Gasteiger partial charge in [-0.15, -0.1) is 0 Å². The Morgan fingerprint density at radius 1 is 1.21 bits per heavy atom. The highest BCUT2D eigenvalue weighted by molar-refractivity contribution is 5.75. The smallest absolute Gasteiger partial charge is 0.332 e. The Bertz CT molecular complexity index is 1200. The first-order valence-corrected chi connectivity index (χ1v) is 10.5. The first-order valence-electron chi connectivity index (χ1n) is 10.5. The van der Waals surface area contributed by atoms with E-state index in [1.165, 1.54) is 35.9 Å². The van der Waals surface area contributed by atoms with Crippen molar-refractivity contribution in [1.29, 1.82) is 5.26 Å². The van der Waals surface area contributed by atoms with Crippen LogP contribution < -0.4 is 21.9 Å². The standard InChI is InChI=1S/C18H20FN5O2.C4H6O4/c1-22-17(25)8-16(23-6-2-3-15(21)11-23)24(18(22)26)10-13-7-14(19)5-4-12(13)9-20;5-3(6)1-2-4(7)8/h4-5,7-8,15H,2-3,6,10-11,21H2,1H3;1-2H2,(H,5,6)(H,7,8)/t15-;/m0./s1. The molecule has 0 aliphatic carbocycles. The number of aromatic nitrogens is 2. The van der Waals surface area contributed by atoms with E-state index in [1.54, 1.807) is 0 Å². The maximum Gasteiger partial charge on any atom is 0.332 e. The molecular formula is C22H26FN5O6. The number of anilines is 1. The van der Waals surface area contributed by atoms with Gasteiger partial charge >= 0.3 is 17.6 Å². The third-order valence-electron chi connectivity index (χ3n) is 5.23. The highest BCUT2D eigenvalue weighted by Gasteiger charge is 2.22. The number of carbonyl (C=O) groups is 2. The van der Waals surface area contributed by atoms with Crippen molar-refractivity contribution in [2.75, 3.05) is 18.0 Å². The van der Waals surface area contributed by atoms with Gasteiger partial charge in [0, 0.05) is 32.2 Å². The number of nitrogens with zero attached hydrogens (tertiary/aromatic N) is 4. The zero-order valence-corrected chi connectivity index (χ0v) is 18.6. The van der Waals surface area contributed by atoms with Crippen molar-refractivity contribution in [1.82, 2.24) is 9.13 Å². The van der Waals surface area contributed by atoms with E-state index in [4.69, 9.17) is 15.9 Å². The van der Waals surface area contributed by atoms with Crippen molar-refractivity contribution in [2.45, 2.75) is 38.3 Å². The van der Waals surface area contributed by atoms with Crippen LogP contribution in [0.15, 0.2) is 33.9 Å². The molecular weight excluding hydrogens is 449 g/mol. The monoisotopic (exact) mass is 475 g/mol. The quantitative estimate of drug-likeness (QED) is 0.537. The maximum absolute atomic E-state index is 13.7. The number of nitriles is 1. The van der Waals surface area contributed by atoms with Crippen LogP contribution in [0.4, 0.5) is 10.2 Å². The summed E-state index contributed by atoms with van der Waals surface area (Å²) >= 11 is 0. The van der Waals surface area contributed by atoms with Gasteiger partial charge in [-0.1, -0.05) is 0 Å². The van der Waals surface area contributed by atoms with Crippen molar-refractivity contribution < 1.29 is 24.2 Å². The second kappa shape index (κ2) is 11.8. The van der Waals surface area contributed by atoms with Crippen LogP contribution in [-0.4, -0.2) is 50.4 Å². The molecule has 12 heteroatoms. The molecule has 0 amide bonds. The van der Waals surface area contributed by atoms with E-state index in [-0.39, 0.29) is 31.0 Å². The van der Waals surface area contributed by atoms with Crippen molar-refractivity contribution in [2.24, 2.45) is 12.8 Å². The second-order valence-corrected chi connectivity index (χ2v) is 7.82. The zero-order valence-electron chi connectivity index (χ0n) is 18.6. The third kappa shape index (κ3) is 7.01. The minimum Gasteiger partial charge on any atom is -0.481 e. The number of piperidine rings is 1. The van der Waals surface area contributed by atoms with Gasteiger partial charge in [0.2, 0.25) is 0 Å². The Labute approximate surface area is 194 Å². The first-order chi connectivity index (χ1) is 16.0. The molecule has 0 spiro atoms. The number of hydrogen-bond donors (Lipinski definition) is 3. The lowest BCUT2D eigenvalue weighted by Gasteiger charge is -2.34. The summed E-state index contributed by atoms with van der Waals surface area (Å²) in [6.45, 7) is 1.20. The molecule has 3 rings (SSSR count). The predicted octanol–water partition coefficient (Wildman–Crippen LogP) is 0.469. The Balaban J connectivity index is 0.000000440. The summed E-state index contributed by atoms with van der Waals surface area (Å²) in [7, 11) is 1.39. The van der Waals surface area contributed by atoms with Gasteiger partial charge in [-0.2, -0.15) is 5.26 Å². The Hall–Kier alpha value is -3.98. The minimum absolute atomic E-state index is 0.00528. The summed E-state index contributed by atoms with van der Waals surface area (Å²) < 4.78 is 16.1. The fourth-order valence-electron chi connectivity index (χ4n) is 3.47. The van der Waals surface area contributed by atoms with Crippen LogP contribution in [0, 0.1) is 17.1 Å². The molecule has 1 atom stereocenters. The summed E-state index contributed by atoms with van der Waals surface area (Å²) in [5, 5.41) is 25.1. The molecule has 4 N–H and O–H groups in total. The van der Waals surface area contributed by atoms with Gasteiger partial charge < -0.3 is 20.8 Å². The van der Waals surface area contributed by atoms with Crippen LogP contribution >= 0.6 is 0 Å². The first kappa shape index (κ1) is 26.3. The van der Waals surface area contributed by atoms with Crippen molar-refractivity contribution >= 4 is 17.8 Å². The summed E-state index contributed by atoms with van der Waals surface area (Å²) in [5.74, 6) is -2.19. The van der Waals surface area contributed by atoms with E-state index >= 15 is 0 Å². The van der Waals surface area contributed by atoms with E-state index in [1.807, 2.05) is 11.0 Å². The molecule has 2 heterocycles. The number of hydrogen-bond acceptors (Lipinski definition) is 7. The molecule has 34 heavy (non-hydrogen) atoms. The van der Waals surface area contributed by atoms with Crippen LogP contribution in [0.2, 0.25) is 0 Å². The lowest BCUT2D eigenvalue weighted by molar-refractivity contribution is -0.143. The van der Waals surface area contributed by atoms with Crippen molar-refractivity contribution in [3.8, 4) is 6.07 Å². The average molecular weight is 475 g/mol. The largest absolute Gasteiger partial charge is 0.481 e. The van der Waals surface area contributed by atoms with Gasteiger partial charge in [-0.25, -0.2) is 9.18 Å². The van der Waals surface area contributed by atoms with Crippen molar-refractivity contribution in [3.63, 3.8) is 0 Å². The molecule has 2 aromatic rings.